The van der Waals surface area contributed by atoms with Gasteiger partial charge in [-0.05, 0) is 27.2 Å². The molecule has 3 heteroatoms. The zero-order valence-corrected chi connectivity index (χ0v) is 8.94. The normalized spacial score (nSPS) is 29.1. The summed E-state index contributed by atoms with van der Waals surface area (Å²) in [5, 5.41) is 3.48. The zero-order chi connectivity index (χ0) is 9.90. The van der Waals surface area contributed by atoms with Crippen molar-refractivity contribution in [1.82, 2.24) is 10.2 Å². The molecule has 0 aromatic rings. The predicted octanol–water partition coefficient (Wildman–Crippen LogP) is 1.42. The highest BCUT2D eigenvalue weighted by molar-refractivity contribution is 4.90. The molecule has 0 spiro atoms. The van der Waals surface area contributed by atoms with Crippen molar-refractivity contribution in [1.29, 1.82) is 0 Å². The number of rotatable bonds is 3. The Kier molecular flexibility index (Phi) is 3.68. The minimum Gasteiger partial charge on any atom is -0.309 e. The molecule has 1 rings (SSSR count). The highest BCUT2D eigenvalue weighted by Gasteiger charge is 2.29. The fraction of sp³-hybridized carbons (Fsp3) is 1.00. The minimum absolute atomic E-state index is 0.183. The van der Waals surface area contributed by atoms with Gasteiger partial charge in [0.2, 0.25) is 0 Å². The molecule has 0 aliphatic carbocycles. The molecule has 13 heavy (non-hydrogen) atoms. The second-order valence-electron chi connectivity index (χ2n) is 4.63. The molecular weight excluding hydrogens is 167 g/mol. The van der Waals surface area contributed by atoms with Gasteiger partial charge in [-0.3, -0.25) is 9.29 Å². The molecule has 1 unspecified atom stereocenters. The average Bonchev–Trinajstić information content (AvgIpc) is 2.07. The fourth-order valence-electron chi connectivity index (χ4n) is 1.83. The zero-order valence-electron chi connectivity index (χ0n) is 8.94. The maximum absolute atomic E-state index is 12.0. The van der Waals surface area contributed by atoms with E-state index in [4.69, 9.17) is 0 Å². The molecule has 1 aliphatic heterocycles. The quantitative estimate of drug-likeness (QED) is 0.720. The van der Waals surface area contributed by atoms with Crippen molar-refractivity contribution < 1.29 is 4.39 Å². The molecule has 0 aromatic carbocycles. The van der Waals surface area contributed by atoms with Crippen LogP contribution in [0.15, 0.2) is 0 Å². The van der Waals surface area contributed by atoms with Crippen molar-refractivity contribution in [3.8, 4) is 0 Å². The van der Waals surface area contributed by atoms with Gasteiger partial charge in [-0.1, -0.05) is 0 Å². The third-order valence-corrected chi connectivity index (χ3v) is 2.68. The standard InChI is InChI=1S/C10H21FN2/c1-9-7-12-10(2,3)8-13(9)6-4-5-11/h9,12H,4-8H2,1-3H3. The lowest BCUT2D eigenvalue weighted by atomic mass is 9.99. The van der Waals surface area contributed by atoms with Crippen molar-refractivity contribution in [2.75, 3.05) is 26.3 Å². The number of nitrogens with zero attached hydrogens (tertiary/aromatic N) is 1. The Morgan fingerprint density at radius 3 is 2.85 bits per heavy atom. The Balaban J connectivity index is 2.41. The smallest absolute Gasteiger partial charge is 0.0906 e. The molecule has 0 aromatic heterocycles. The third kappa shape index (κ3) is 3.24. The SMILES string of the molecule is CC1CNC(C)(C)CN1CCCF. The molecule has 1 aliphatic rings. The molecular formula is C10H21FN2. The van der Waals surface area contributed by atoms with Gasteiger partial charge < -0.3 is 5.32 Å². The van der Waals surface area contributed by atoms with Crippen LogP contribution < -0.4 is 5.32 Å². The topological polar surface area (TPSA) is 15.3 Å². The highest BCUT2D eigenvalue weighted by atomic mass is 19.1. The van der Waals surface area contributed by atoms with Crippen molar-refractivity contribution in [3.05, 3.63) is 0 Å². The van der Waals surface area contributed by atoms with Gasteiger partial charge in [-0.15, -0.1) is 0 Å². The van der Waals surface area contributed by atoms with Gasteiger partial charge >= 0.3 is 0 Å². The molecule has 1 N–H and O–H groups in total. The molecule has 1 fully saturated rings. The van der Waals surface area contributed by atoms with E-state index in [9.17, 15) is 4.39 Å². The summed E-state index contributed by atoms with van der Waals surface area (Å²) in [4.78, 5) is 2.37. The van der Waals surface area contributed by atoms with Gasteiger partial charge in [0.05, 0.1) is 6.67 Å². The van der Waals surface area contributed by atoms with Crippen LogP contribution in [0.4, 0.5) is 4.39 Å². The first-order valence-corrected chi connectivity index (χ1v) is 5.10. The van der Waals surface area contributed by atoms with E-state index >= 15 is 0 Å². The maximum atomic E-state index is 12.0. The summed E-state index contributed by atoms with van der Waals surface area (Å²) in [6.45, 7) is 9.32. The second kappa shape index (κ2) is 4.38. The first-order chi connectivity index (χ1) is 6.05. The first kappa shape index (κ1) is 10.9. The van der Waals surface area contributed by atoms with Crippen LogP contribution in [0.25, 0.3) is 0 Å². The van der Waals surface area contributed by atoms with Gasteiger partial charge in [0.1, 0.15) is 0 Å². The lowest BCUT2D eigenvalue weighted by Gasteiger charge is -2.43. The number of alkyl halides is 1. The van der Waals surface area contributed by atoms with Crippen molar-refractivity contribution in [2.24, 2.45) is 0 Å². The third-order valence-electron chi connectivity index (χ3n) is 2.68. The Morgan fingerprint density at radius 2 is 2.23 bits per heavy atom. The van der Waals surface area contributed by atoms with Gasteiger partial charge in [0, 0.05) is 31.2 Å². The van der Waals surface area contributed by atoms with Gasteiger partial charge in [-0.2, -0.15) is 0 Å². The van der Waals surface area contributed by atoms with Crippen LogP contribution in [0.3, 0.4) is 0 Å². The predicted molar refractivity (Wildman–Crippen MR) is 53.7 cm³/mol. The van der Waals surface area contributed by atoms with E-state index in [-0.39, 0.29) is 12.2 Å². The van der Waals surface area contributed by atoms with E-state index in [2.05, 4.69) is 31.0 Å². The summed E-state index contributed by atoms with van der Waals surface area (Å²) in [6, 6.07) is 0.541. The molecule has 78 valence electrons. The number of halogens is 1. The Morgan fingerprint density at radius 1 is 1.54 bits per heavy atom. The van der Waals surface area contributed by atoms with Crippen molar-refractivity contribution in [3.63, 3.8) is 0 Å². The Labute approximate surface area is 80.5 Å². The lowest BCUT2D eigenvalue weighted by molar-refractivity contribution is 0.101. The van der Waals surface area contributed by atoms with E-state index < -0.39 is 0 Å². The average molecular weight is 188 g/mol. The van der Waals surface area contributed by atoms with Crippen LogP contribution in [-0.4, -0.2) is 42.8 Å². The summed E-state index contributed by atoms with van der Waals surface area (Å²) in [7, 11) is 0. The number of hydrogen-bond acceptors (Lipinski definition) is 2. The highest BCUT2D eigenvalue weighted by Crippen LogP contribution is 2.14. The van der Waals surface area contributed by atoms with E-state index in [1.165, 1.54) is 0 Å². The van der Waals surface area contributed by atoms with Crippen molar-refractivity contribution in [2.45, 2.75) is 38.8 Å². The largest absolute Gasteiger partial charge is 0.309 e. The summed E-state index contributed by atoms with van der Waals surface area (Å²) in [6.07, 6.45) is 0.667. The van der Waals surface area contributed by atoms with E-state index in [0.29, 0.717) is 12.5 Å². The van der Waals surface area contributed by atoms with Gasteiger partial charge in [0.15, 0.2) is 0 Å². The molecule has 2 nitrogen and oxygen atoms in total. The molecule has 0 bridgehead atoms. The molecule has 1 saturated heterocycles. The van der Waals surface area contributed by atoms with Crippen LogP contribution in [0, 0.1) is 0 Å². The summed E-state index contributed by atoms with van der Waals surface area (Å²) >= 11 is 0. The van der Waals surface area contributed by atoms with Gasteiger partial charge in [0.25, 0.3) is 0 Å². The summed E-state index contributed by atoms with van der Waals surface area (Å²) < 4.78 is 12.0. The summed E-state index contributed by atoms with van der Waals surface area (Å²) in [5.74, 6) is 0. The Bertz CT molecular complexity index is 159. The van der Waals surface area contributed by atoms with E-state index in [0.717, 1.165) is 19.6 Å². The molecule has 1 heterocycles. The Hall–Kier alpha value is -0.150. The van der Waals surface area contributed by atoms with Crippen LogP contribution >= 0.6 is 0 Å². The van der Waals surface area contributed by atoms with Crippen LogP contribution in [0.1, 0.15) is 27.2 Å². The number of piperazine rings is 1. The van der Waals surface area contributed by atoms with Crippen LogP contribution in [0.2, 0.25) is 0 Å². The summed E-state index contributed by atoms with van der Waals surface area (Å²) in [5.41, 5.74) is 0.183. The first-order valence-electron chi connectivity index (χ1n) is 5.10. The minimum atomic E-state index is -0.197. The lowest BCUT2D eigenvalue weighted by Crippen LogP contribution is -2.60. The number of hydrogen-bond donors (Lipinski definition) is 1. The van der Waals surface area contributed by atoms with E-state index in [1.54, 1.807) is 0 Å². The molecule has 0 saturated carbocycles. The second-order valence-corrected chi connectivity index (χ2v) is 4.63. The van der Waals surface area contributed by atoms with Crippen LogP contribution in [-0.2, 0) is 0 Å². The molecule has 0 radical (unpaired) electrons. The van der Waals surface area contributed by atoms with Crippen molar-refractivity contribution >= 4 is 0 Å². The maximum Gasteiger partial charge on any atom is 0.0906 e. The van der Waals surface area contributed by atoms with E-state index in [1.807, 2.05) is 0 Å². The number of nitrogens with one attached hydrogen (secondary N) is 1. The molecule has 0 amide bonds. The molecule has 1 atom stereocenters. The fourth-order valence-corrected chi connectivity index (χ4v) is 1.83. The monoisotopic (exact) mass is 188 g/mol. The van der Waals surface area contributed by atoms with Gasteiger partial charge in [-0.25, -0.2) is 0 Å². The van der Waals surface area contributed by atoms with Crippen LogP contribution in [0.5, 0.6) is 0 Å².